The molecule has 5 aliphatic rings. The normalized spacial score (nSPS) is 33.1. The summed E-state index contributed by atoms with van der Waals surface area (Å²) in [6.45, 7) is 3.71. The van der Waals surface area contributed by atoms with Gasteiger partial charge in [-0.05, 0) is 75.6 Å². The van der Waals surface area contributed by atoms with E-state index >= 15 is 0 Å². The van der Waals surface area contributed by atoms with Crippen LogP contribution >= 0.6 is 0 Å². The predicted octanol–water partition coefficient (Wildman–Crippen LogP) is 2.44. The third-order valence-corrected chi connectivity index (χ3v) is 7.53. The fourth-order valence-electron chi connectivity index (χ4n) is 6.37. The van der Waals surface area contributed by atoms with Gasteiger partial charge in [0.2, 0.25) is 5.91 Å². The fraction of sp³-hybridized carbons (Fsp3) is 0.609. The second-order valence-corrected chi connectivity index (χ2v) is 9.07. The first-order valence-corrected chi connectivity index (χ1v) is 11.1. The number of nitrogens with zero attached hydrogens (tertiary/aromatic N) is 2. The van der Waals surface area contributed by atoms with E-state index in [0.29, 0.717) is 23.1 Å². The van der Waals surface area contributed by atoms with E-state index in [1.54, 1.807) is 24.3 Å². The minimum absolute atomic E-state index is 0.300. The summed E-state index contributed by atoms with van der Waals surface area (Å²) < 4.78 is 0. The number of amides is 3. The highest BCUT2D eigenvalue weighted by Gasteiger charge is 2.50. The van der Waals surface area contributed by atoms with Gasteiger partial charge in [0, 0.05) is 25.0 Å². The van der Waals surface area contributed by atoms with Crippen molar-refractivity contribution in [3.8, 4) is 0 Å². The van der Waals surface area contributed by atoms with Gasteiger partial charge in [0.1, 0.15) is 0 Å². The molecule has 0 unspecified atom stereocenters. The molecule has 4 saturated heterocycles. The molecule has 5 heterocycles. The highest BCUT2D eigenvalue weighted by molar-refractivity contribution is 6.21. The Hall–Kier alpha value is -2.21. The number of nitrogens with one attached hydrogen (secondary N) is 1. The quantitative estimate of drug-likeness (QED) is 0.685. The number of hydrogen-bond acceptors (Lipinski definition) is 4. The highest BCUT2D eigenvalue weighted by Crippen LogP contribution is 2.44. The summed E-state index contributed by atoms with van der Waals surface area (Å²) in [5, 5.41) is 2.20. The van der Waals surface area contributed by atoms with Gasteiger partial charge in [-0.15, -0.1) is 0 Å². The number of benzene rings is 1. The summed E-state index contributed by atoms with van der Waals surface area (Å²) in [5.41, 5.74) is 0.940. The van der Waals surface area contributed by atoms with Crippen molar-refractivity contribution in [3.05, 3.63) is 35.4 Å². The first kappa shape index (κ1) is 18.8. The van der Waals surface area contributed by atoms with Crippen molar-refractivity contribution in [3.63, 3.8) is 0 Å². The lowest BCUT2D eigenvalue weighted by atomic mass is 9.68. The van der Waals surface area contributed by atoms with Gasteiger partial charge in [-0.3, -0.25) is 24.6 Å². The van der Waals surface area contributed by atoms with E-state index in [9.17, 15) is 14.4 Å². The van der Waals surface area contributed by atoms with Crippen LogP contribution in [0.4, 0.5) is 0 Å². The summed E-state index contributed by atoms with van der Waals surface area (Å²) in [7, 11) is 0. The highest BCUT2D eigenvalue weighted by atomic mass is 16.2. The van der Waals surface area contributed by atoms with Crippen molar-refractivity contribution in [2.75, 3.05) is 19.6 Å². The van der Waals surface area contributed by atoms with Gasteiger partial charge in [0.05, 0.1) is 11.1 Å². The Labute approximate surface area is 171 Å². The largest absolute Gasteiger partial charge is 0.339 e. The lowest BCUT2D eigenvalue weighted by Crippen LogP contribution is -2.66. The number of piperidine rings is 4. The minimum atomic E-state index is -0.300. The maximum absolute atomic E-state index is 12.2. The molecular weight excluding hydrogens is 366 g/mol. The number of carbonyl (C=O) groups excluding carboxylic acids is 3. The van der Waals surface area contributed by atoms with Gasteiger partial charge in [-0.1, -0.05) is 12.1 Å². The third-order valence-electron chi connectivity index (χ3n) is 7.53. The Balaban J connectivity index is 0.000000142. The lowest BCUT2D eigenvalue weighted by molar-refractivity contribution is -0.150. The summed E-state index contributed by atoms with van der Waals surface area (Å²) in [5.74, 6) is 1.42. The van der Waals surface area contributed by atoms with Crippen LogP contribution < -0.4 is 5.32 Å². The second-order valence-electron chi connectivity index (χ2n) is 9.07. The topological polar surface area (TPSA) is 69.7 Å². The fourth-order valence-corrected chi connectivity index (χ4v) is 6.37. The van der Waals surface area contributed by atoms with Crippen molar-refractivity contribution >= 4 is 17.7 Å². The summed E-state index contributed by atoms with van der Waals surface area (Å²) in [6.07, 6.45) is 8.64. The van der Waals surface area contributed by atoms with Crippen LogP contribution in [-0.2, 0) is 4.79 Å². The van der Waals surface area contributed by atoms with Gasteiger partial charge in [-0.2, -0.15) is 0 Å². The Bertz CT molecular complexity index is 803. The number of carbonyl (C=O) groups is 3. The molecule has 0 aliphatic carbocycles. The smallest absolute Gasteiger partial charge is 0.258 e. The minimum Gasteiger partial charge on any atom is -0.339 e. The van der Waals surface area contributed by atoms with Crippen LogP contribution in [0.1, 0.15) is 65.7 Å². The molecule has 1 aromatic rings. The van der Waals surface area contributed by atoms with Crippen molar-refractivity contribution in [1.82, 2.24) is 15.1 Å². The molecule has 3 amide bonds. The number of hydrogen-bond donors (Lipinski definition) is 1. The van der Waals surface area contributed by atoms with E-state index in [4.69, 9.17) is 0 Å². The van der Waals surface area contributed by atoms with Crippen LogP contribution in [0.15, 0.2) is 24.3 Å². The maximum atomic E-state index is 12.2. The van der Waals surface area contributed by atoms with Crippen molar-refractivity contribution in [1.29, 1.82) is 0 Å². The van der Waals surface area contributed by atoms with Gasteiger partial charge < -0.3 is 4.90 Å². The summed E-state index contributed by atoms with van der Waals surface area (Å²) in [6, 6.07) is 8.15. The molecule has 6 heteroatoms. The van der Waals surface area contributed by atoms with E-state index in [0.717, 1.165) is 37.3 Å². The maximum Gasteiger partial charge on any atom is 0.258 e. The lowest BCUT2D eigenvalue weighted by Gasteiger charge is -2.58. The van der Waals surface area contributed by atoms with Crippen LogP contribution in [-0.4, -0.2) is 59.2 Å². The zero-order valence-electron chi connectivity index (χ0n) is 16.8. The van der Waals surface area contributed by atoms with Gasteiger partial charge >= 0.3 is 0 Å². The first-order valence-electron chi connectivity index (χ1n) is 11.1. The Morgan fingerprint density at radius 3 is 2.28 bits per heavy atom. The number of fused-ring (bicyclic) bond motifs is 3. The van der Waals surface area contributed by atoms with Crippen molar-refractivity contribution < 1.29 is 14.4 Å². The summed E-state index contributed by atoms with van der Waals surface area (Å²) >= 11 is 0. The molecule has 5 aliphatic heterocycles. The zero-order valence-corrected chi connectivity index (χ0v) is 16.8. The molecular formula is C23H29N3O3. The van der Waals surface area contributed by atoms with E-state index in [2.05, 4.69) is 15.1 Å². The van der Waals surface area contributed by atoms with E-state index in [1.807, 2.05) is 0 Å². The Kier molecular flexibility index (Phi) is 4.90. The Morgan fingerprint density at radius 1 is 0.862 bits per heavy atom. The predicted molar refractivity (Wildman–Crippen MR) is 108 cm³/mol. The molecule has 1 N–H and O–H groups in total. The van der Waals surface area contributed by atoms with Crippen LogP contribution in [0.2, 0.25) is 0 Å². The first-order chi connectivity index (χ1) is 14.1. The van der Waals surface area contributed by atoms with Crippen LogP contribution in [0, 0.1) is 11.8 Å². The molecule has 0 bridgehead atoms. The molecule has 0 spiro atoms. The SMILES string of the molecule is O=C1CCC[C@H]2[C@@H]3CCCN4CCC[C@H](CN12)[C@H]34.O=C1NC(=O)c2ccccc21. The van der Waals surface area contributed by atoms with E-state index in [-0.39, 0.29) is 11.8 Å². The second kappa shape index (κ2) is 7.56. The van der Waals surface area contributed by atoms with E-state index < -0.39 is 0 Å². The molecule has 4 fully saturated rings. The molecule has 0 radical (unpaired) electrons. The van der Waals surface area contributed by atoms with Crippen LogP contribution in [0.3, 0.4) is 0 Å². The third kappa shape index (κ3) is 3.27. The monoisotopic (exact) mass is 395 g/mol. The van der Waals surface area contributed by atoms with Gasteiger partial charge in [-0.25, -0.2) is 0 Å². The molecule has 1 aromatic carbocycles. The van der Waals surface area contributed by atoms with E-state index in [1.165, 1.54) is 45.2 Å². The molecule has 6 nitrogen and oxygen atoms in total. The van der Waals surface area contributed by atoms with Crippen molar-refractivity contribution in [2.24, 2.45) is 11.8 Å². The molecule has 0 saturated carbocycles. The number of imide groups is 1. The average Bonchev–Trinajstić information content (AvgIpc) is 3.04. The van der Waals surface area contributed by atoms with Crippen LogP contribution in [0.5, 0.6) is 0 Å². The van der Waals surface area contributed by atoms with Crippen molar-refractivity contribution in [2.45, 2.75) is 57.0 Å². The summed E-state index contributed by atoms with van der Waals surface area (Å²) in [4.78, 5) is 39.1. The number of rotatable bonds is 0. The molecule has 154 valence electrons. The van der Waals surface area contributed by atoms with Crippen LogP contribution in [0.25, 0.3) is 0 Å². The zero-order chi connectivity index (χ0) is 20.0. The molecule has 6 rings (SSSR count). The Morgan fingerprint density at radius 2 is 1.55 bits per heavy atom. The molecule has 0 aromatic heterocycles. The van der Waals surface area contributed by atoms with Gasteiger partial charge in [0.15, 0.2) is 0 Å². The molecule has 29 heavy (non-hydrogen) atoms. The standard InChI is InChI=1S/C15H24N2O.C8H5NO2/c18-14-7-1-6-13-12-5-3-9-16-8-2-4-11(15(12)16)10-17(13)14;10-7-5-3-1-2-4-6(5)8(11)9-7/h11-13,15H,1-10H2;1-4H,(H,9,10,11)/t11-,12+,13+,15-;/m1./s1. The average molecular weight is 396 g/mol. The molecule has 4 atom stereocenters. The van der Waals surface area contributed by atoms with Gasteiger partial charge in [0.25, 0.3) is 11.8 Å².